The molecule has 1 aromatic heterocycles. The average Bonchev–Trinajstić information content (AvgIpc) is 2.91. The standard InChI is InChI=1S/C15H18N2O4/c18-13(11-1-2-12(14(19)20)16-9-11)17-6-3-15(10-17)4-7-21-8-5-15/h1-2,9H,3-8,10H2,(H,19,20). The number of carboxylic acid groups (broad SMARTS) is 1. The van der Waals surface area contributed by atoms with Gasteiger partial charge >= 0.3 is 5.97 Å². The molecule has 1 aromatic rings. The van der Waals surface area contributed by atoms with E-state index in [4.69, 9.17) is 9.84 Å². The number of rotatable bonds is 2. The summed E-state index contributed by atoms with van der Waals surface area (Å²) in [5.41, 5.74) is 0.612. The second-order valence-electron chi connectivity index (χ2n) is 5.83. The number of amides is 1. The van der Waals surface area contributed by atoms with Crippen LogP contribution in [0.5, 0.6) is 0 Å². The summed E-state index contributed by atoms with van der Waals surface area (Å²) in [6.07, 6.45) is 4.38. The number of likely N-dealkylation sites (tertiary alicyclic amines) is 1. The summed E-state index contributed by atoms with van der Waals surface area (Å²) in [6, 6.07) is 2.91. The lowest BCUT2D eigenvalue weighted by molar-refractivity contribution is 0.0191. The Labute approximate surface area is 122 Å². The maximum absolute atomic E-state index is 12.5. The zero-order valence-corrected chi connectivity index (χ0v) is 11.7. The molecule has 0 bridgehead atoms. The van der Waals surface area contributed by atoms with E-state index in [9.17, 15) is 9.59 Å². The van der Waals surface area contributed by atoms with Crippen molar-refractivity contribution in [3.05, 3.63) is 29.6 Å². The fourth-order valence-corrected chi connectivity index (χ4v) is 3.15. The summed E-state index contributed by atoms with van der Waals surface area (Å²) in [6.45, 7) is 3.06. The van der Waals surface area contributed by atoms with Crippen molar-refractivity contribution in [3.8, 4) is 0 Å². The van der Waals surface area contributed by atoms with Crippen LogP contribution in [0.1, 0.15) is 40.1 Å². The summed E-state index contributed by atoms with van der Waals surface area (Å²) < 4.78 is 5.40. The van der Waals surface area contributed by atoms with Crippen LogP contribution in [0.4, 0.5) is 0 Å². The number of carbonyl (C=O) groups is 2. The van der Waals surface area contributed by atoms with Gasteiger partial charge in [-0.15, -0.1) is 0 Å². The molecule has 2 aliphatic rings. The van der Waals surface area contributed by atoms with Crippen molar-refractivity contribution in [1.29, 1.82) is 0 Å². The first-order chi connectivity index (χ1) is 10.1. The van der Waals surface area contributed by atoms with E-state index < -0.39 is 5.97 Å². The normalized spacial score (nSPS) is 20.7. The summed E-state index contributed by atoms with van der Waals surface area (Å²) >= 11 is 0. The summed E-state index contributed by atoms with van der Waals surface area (Å²) in [7, 11) is 0. The second kappa shape index (κ2) is 5.44. The van der Waals surface area contributed by atoms with E-state index in [0.717, 1.165) is 45.6 Å². The molecule has 1 amide bonds. The van der Waals surface area contributed by atoms with Gasteiger partial charge in [0.1, 0.15) is 5.69 Å². The molecule has 112 valence electrons. The molecule has 0 aromatic carbocycles. The van der Waals surface area contributed by atoms with Crippen LogP contribution in [-0.2, 0) is 4.74 Å². The predicted octanol–water partition coefficient (Wildman–Crippen LogP) is 1.42. The molecule has 6 nitrogen and oxygen atoms in total. The van der Waals surface area contributed by atoms with Gasteiger partial charge in [0.05, 0.1) is 5.56 Å². The minimum atomic E-state index is -1.09. The van der Waals surface area contributed by atoms with Crippen LogP contribution in [0, 0.1) is 5.41 Å². The number of carbonyl (C=O) groups excluding carboxylic acids is 1. The van der Waals surface area contributed by atoms with Crippen LogP contribution in [0.25, 0.3) is 0 Å². The number of ether oxygens (including phenoxy) is 1. The van der Waals surface area contributed by atoms with E-state index in [1.54, 1.807) is 0 Å². The van der Waals surface area contributed by atoms with Crippen molar-refractivity contribution in [1.82, 2.24) is 9.88 Å². The third-order valence-electron chi connectivity index (χ3n) is 4.51. The Bertz CT molecular complexity index is 549. The van der Waals surface area contributed by atoms with E-state index >= 15 is 0 Å². The van der Waals surface area contributed by atoms with Crippen molar-refractivity contribution in [2.24, 2.45) is 5.41 Å². The Balaban J connectivity index is 1.69. The van der Waals surface area contributed by atoms with E-state index in [1.165, 1.54) is 18.3 Å². The van der Waals surface area contributed by atoms with E-state index in [2.05, 4.69) is 4.98 Å². The topological polar surface area (TPSA) is 79.7 Å². The van der Waals surface area contributed by atoms with Gasteiger partial charge in [0, 0.05) is 32.5 Å². The molecule has 0 aliphatic carbocycles. The second-order valence-corrected chi connectivity index (χ2v) is 5.83. The number of hydrogen-bond acceptors (Lipinski definition) is 4. The fourth-order valence-electron chi connectivity index (χ4n) is 3.15. The number of pyridine rings is 1. The SMILES string of the molecule is O=C(O)c1ccc(C(=O)N2CCC3(CCOCC3)C2)cn1. The van der Waals surface area contributed by atoms with Crippen molar-refractivity contribution >= 4 is 11.9 Å². The lowest BCUT2D eigenvalue weighted by atomic mass is 9.80. The van der Waals surface area contributed by atoms with Gasteiger partial charge in [-0.3, -0.25) is 4.79 Å². The molecule has 2 saturated heterocycles. The van der Waals surface area contributed by atoms with Crippen LogP contribution in [0.3, 0.4) is 0 Å². The van der Waals surface area contributed by atoms with Crippen LogP contribution in [0.2, 0.25) is 0 Å². The number of nitrogens with zero attached hydrogens (tertiary/aromatic N) is 2. The Morgan fingerprint density at radius 1 is 1.24 bits per heavy atom. The molecular formula is C15H18N2O4. The van der Waals surface area contributed by atoms with Gasteiger partial charge in [0.15, 0.2) is 0 Å². The highest BCUT2D eigenvalue weighted by Gasteiger charge is 2.41. The third kappa shape index (κ3) is 2.76. The highest BCUT2D eigenvalue weighted by molar-refractivity contribution is 5.95. The number of carboxylic acids is 1. The van der Waals surface area contributed by atoms with Crippen LogP contribution >= 0.6 is 0 Å². The largest absolute Gasteiger partial charge is 0.477 e. The van der Waals surface area contributed by atoms with Gasteiger partial charge in [-0.25, -0.2) is 9.78 Å². The van der Waals surface area contributed by atoms with Crippen molar-refractivity contribution in [3.63, 3.8) is 0 Å². The van der Waals surface area contributed by atoms with Gasteiger partial charge in [0.25, 0.3) is 5.91 Å². The molecule has 6 heteroatoms. The van der Waals surface area contributed by atoms with Crippen LogP contribution < -0.4 is 0 Å². The first-order valence-electron chi connectivity index (χ1n) is 7.16. The molecular weight excluding hydrogens is 272 g/mol. The summed E-state index contributed by atoms with van der Waals surface area (Å²) in [4.78, 5) is 28.9. The zero-order chi connectivity index (χ0) is 14.9. The van der Waals surface area contributed by atoms with Gasteiger partial charge in [-0.05, 0) is 36.8 Å². The average molecular weight is 290 g/mol. The number of aromatic carboxylic acids is 1. The number of aromatic nitrogens is 1. The molecule has 3 rings (SSSR count). The Hall–Kier alpha value is -1.95. The quantitative estimate of drug-likeness (QED) is 0.891. The Kier molecular flexibility index (Phi) is 3.63. The molecule has 0 saturated carbocycles. The van der Waals surface area contributed by atoms with Crippen LogP contribution in [0.15, 0.2) is 18.3 Å². The van der Waals surface area contributed by atoms with E-state index in [0.29, 0.717) is 5.56 Å². The third-order valence-corrected chi connectivity index (χ3v) is 4.51. The van der Waals surface area contributed by atoms with Gasteiger partial charge < -0.3 is 14.7 Å². The van der Waals surface area contributed by atoms with Gasteiger partial charge in [0.2, 0.25) is 0 Å². The minimum absolute atomic E-state index is 0.0473. The molecule has 2 aliphatic heterocycles. The van der Waals surface area contributed by atoms with Crippen molar-refractivity contribution in [2.45, 2.75) is 19.3 Å². The first kappa shape index (κ1) is 14.0. The fraction of sp³-hybridized carbons (Fsp3) is 0.533. The summed E-state index contributed by atoms with van der Waals surface area (Å²) in [5, 5.41) is 8.82. The monoisotopic (exact) mass is 290 g/mol. The Morgan fingerprint density at radius 3 is 2.62 bits per heavy atom. The highest BCUT2D eigenvalue weighted by Crippen LogP contribution is 2.40. The van der Waals surface area contributed by atoms with Crippen molar-refractivity contribution in [2.75, 3.05) is 26.3 Å². The van der Waals surface area contributed by atoms with Gasteiger partial charge in [-0.1, -0.05) is 0 Å². The molecule has 21 heavy (non-hydrogen) atoms. The maximum atomic E-state index is 12.5. The summed E-state index contributed by atoms with van der Waals surface area (Å²) in [5.74, 6) is -1.15. The molecule has 0 unspecified atom stereocenters. The molecule has 1 N–H and O–H groups in total. The first-order valence-corrected chi connectivity index (χ1v) is 7.16. The number of hydrogen-bond donors (Lipinski definition) is 1. The van der Waals surface area contributed by atoms with Crippen LogP contribution in [-0.4, -0.2) is 53.2 Å². The van der Waals surface area contributed by atoms with E-state index in [1.807, 2.05) is 4.90 Å². The maximum Gasteiger partial charge on any atom is 0.354 e. The Morgan fingerprint density at radius 2 is 2.00 bits per heavy atom. The molecule has 0 radical (unpaired) electrons. The minimum Gasteiger partial charge on any atom is -0.477 e. The molecule has 2 fully saturated rings. The molecule has 1 spiro atoms. The lowest BCUT2D eigenvalue weighted by Crippen LogP contribution is -2.35. The van der Waals surface area contributed by atoms with Gasteiger partial charge in [-0.2, -0.15) is 0 Å². The molecule has 3 heterocycles. The predicted molar refractivity (Wildman–Crippen MR) is 74.2 cm³/mol. The van der Waals surface area contributed by atoms with Crippen molar-refractivity contribution < 1.29 is 19.4 Å². The van der Waals surface area contributed by atoms with E-state index in [-0.39, 0.29) is 17.0 Å². The smallest absolute Gasteiger partial charge is 0.354 e. The zero-order valence-electron chi connectivity index (χ0n) is 11.7. The highest BCUT2D eigenvalue weighted by atomic mass is 16.5. The molecule has 0 atom stereocenters. The lowest BCUT2D eigenvalue weighted by Gasteiger charge is -2.33.